The highest BCUT2D eigenvalue weighted by molar-refractivity contribution is 6.09. The standard InChI is InChI=1S/C48H54N4O/c1-29(2)16-19-43-47(46-32(6)22-31(5)23-33(46)7)34(8)50-52(43)37-25-36(48(9,10)11)26-39(27-37)53-38-17-18-41-40-14-12-13-15-42(40)51(44(41)28-38)45-24-35(30(3)4)20-21-49-45/h12-15,17-18,20-30H,16,19H2,1-11H3. The van der Waals surface area contributed by atoms with E-state index in [-0.39, 0.29) is 5.41 Å². The van der Waals surface area contributed by atoms with Crippen LogP contribution in [-0.2, 0) is 11.8 Å². The first-order valence-electron chi connectivity index (χ1n) is 19.2. The lowest BCUT2D eigenvalue weighted by atomic mass is 9.86. The zero-order chi connectivity index (χ0) is 37.8. The van der Waals surface area contributed by atoms with E-state index in [0.717, 1.165) is 52.6 Å². The van der Waals surface area contributed by atoms with Crippen molar-refractivity contribution in [3.05, 3.63) is 130 Å². The SMILES string of the molecule is Cc1cc(C)c(-c2c(C)nn(-c3cc(Oc4ccc5c6ccccc6n(-c6cc(C(C)C)ccn6)c5c4)cc(C(C)(C)C)c3)c2CCC(C)C)c(C)c1. The van der Waals surface area contributed by atoms with Gasteiger partial charge in [-0.15, -0.1) is 0 Å². The van der Waals surface area contributed by atoms with E-state index < -0.39 is 0 Å². The fourth-order valence-electron chi connectivity index (χ4n) is 7.85. The van der Waals surface area contributed by atoms with Crippen LogP contribution in [0.15, 0.2) is 91.1 Å². The predicted octanol–water partition coefficient (Wildman–Crippen LogP) is 13.1. The molecule has 0 atom stereocenters. The number of para-hydroxylation sites is 1. The van der Waals surface area contributed by atoms with Crippen LogP contribution >= 0.6 is 0 Å². The van der Waals surface area contributed by atoms with Crippen LogP contribution in [0.25, 0.3) is 44.4 Å². The molecule has 0 N–H and O–H groups in total. The van der Waals surface area contributed by atoms with Crippen molar-refractivity contribution in [3.63, 3.8) is 0 Å². The smallest absolute Gasteiger partial charge is 0.137 e. The van der Waals surface area contributed by atoms with Crippen LogP contribution < -0.4 is 4.74 Å². The Morgan fingerprint density at radius 2 is 1.43 bits per heavy atom. The quantitative estimate of drug-likeness (QED) is 0.150. The summed E-state index contributed by atoms with van der Waals surface area (Å²) in [4.78, 5) is 4.85. The lowest BCUT2D eigenvalue weighted by Gasteiger charge is -2.22. The third kappa shape index (κ3) is 7.02. The molecule has 0 bridgehead atoms. The van der Waals surface area contributed by atoms with Crippen molar-refractivity contribution in [2.45, 2.75) is 100 Å². The number of fused-ring (bicyclic) bond motifs is 3. The minimum atomic E-state index is -0.106. The Balaban J connectivity index is 1.38. The monoisotopic (exact) mass is 702 g/mol. The first kappa shape index (κ1) is 36.2. The van der Waals surface area contributed by atoms with Crippen LogP contribution in [0.1, 0.15) is 100 Å². The van der Waals surface area contributed by atoms with Crippen LogP contribution in [0.2, 0.25) is 0 Å². The molecule has 0 amide bonds. The summed E-state index contributed by atoms with van der Waals surface area (Å²) < 4.78 is 11.3. The van der Waals surface area contributed by atoms with Gasteiger partial charge in [0.15, 0.2) is 0 Å². The Labute approximate surface area is 315 Å². The van der Waals surface area contributed by atoms with Gasteiger partial charge in [0.2, 0.25) is 0 Å². The van der Waals surface area contributed by atoms with Crippen LogP contribution in [0.4, 0.5) is 0 Å². The fraction of sp³-hybridized carbons (Fsp3) is 0.333. The summed E-state index contributed by atoms with van der Waals surface area (Å²) in [6.07, 6.45) is 3.93. The maximum atomic E-state index is 6.87. The largest absolute Gasteiger partial charge is 0.457 e. The molecule has 3 heterocycles. The second-order valence-electron chi connectivity index (χ2n) is 16.7. The fourth-order valence-corrected chi connectivity index (χ4v) is 7.85. The highest BCUT2D eigenvalue weighted by atomic mass is 16.5. The number of aryl methyl sites for hydroxylation is 4. The van der Waals surface area contributed by atoms with Crippen LogP contribution in [0.3, 0.4) is 0 Å². The summed E-state index contributed by atoms with van der Waals surface area (Å²) in [5.74, 6) is 3.46. The van der Waals surface area contributed by atoms with E-state index in [1.807, 2.05) is 6.20 Å². The van der Waals surface area contributed by atoms with Crippen molar-refractivity contribution < 1.29 is 4.74 Å². The van der Waals surface area contributed by atoms with E-state index >= 15 is 0 Å². The van der Waals surface area contributed by atoms with Gasteiger partial charge >= 0.3 is 0 Å². The van der Waals surface area contributed by atoms with Crippen LogP contribution in [0, 0.1) is 33.6 Å². The van der Waals surface area contributed by atoms with E-state index in [0.29, 0.717) is 11.8 Å². The normalized spacial score (nSPS) is 12.2. The van der Waals surface area contributed by atoms with E-state index in [4.69, 9.17) is 14.8 Å². The minimum Gasteiger partial charge on any atom is -0.457 e. The van der Waals surface area contributed by atoms with Gasteiger partial charge in [-0.2, -0.15) is 5.10 Å². The molecule has 0 radical (unpaired) electrons. The molecule has 7 rings (SSSR count). The zero-order valence-corrected chi connectivity index (χ0v) is 33.4. The lowest BCUT2D eigenvalue weighted by molar-refractivity contribution is 0.478. The van der Waals surface area contributed by atoms with Gasteiger partial charge in [0.05, 0.1) is 28.1 Å². The van der Waals surface area contributed by atoms with Gasteiger partial charge in [0.25, 0.3) is 0 Å². The molecule has 0 aliphatic heterocycles. The van der Waals surface area contributed by atoms with E-state index in [9.17, 15) is 0 Å². The lowest BCUT2D eigenvalue weighted by Crippen LogP contribution is -2.13. The molecule has 7 aromatic rings. The maximum Gasteiger partial charge on any atom is 0.137 e. The molecule has 53 heavy (non-hydrogen) atoms. The average molecular weight is 703 g/mol. The number of ether oxygens (including phenoxy) is 1. The van der Waals surface area contributed by atoms with Gasteiger partial charge in [-0.3, -0.25) is 4.57 Å². The topological polar surface area (TPSA) is 44.9 Å². The van der Waals surface area contributed by atoms with Crippen LogP contribution in [0.5, 0.6) is 11.5 Å². The molecular weight excluding hydrogens is 649 g/mol. The minimum absolute atomic E-state index is 0.106. The van der Waals surface area contributed by atoms with E-state index in [1.165, 1.54) is 55.4 Å². The summed E-state index contributed by atoms with van der Waals surface area (Å²) >= 11 is 0. The van der Waals surface area contributed by atoms with Crippen molar-refractivity contribution in [1.82, 2.24) is 19.3 Å². The number of rotatable bonds is 9. The van der Waals surface area contributed by atoms with Gasteiger partial charge in [0.1, 0.15) is 17.3 Å². The summed E-state index contributed by atoms with van der Waals surface area (Å²) in [7, 11) is 0. The maximum absolute atomic E-state index is 6.87. The highest BCUT2D eigenvalue weighted by Gasteiger charge is 2.24. The van der Waals surface area contributed by atoms with Gasteiger partial charge in [-0.25, -0.2) is 9.67 Å². The molecule has 0 spiro atoms. The number of aromatic nitrogens is 4. The van der Waals surface area contributed by atoms with Crippen molar-refractivity contribution in [2.24, 2.45) is 5.92 Å². The third-order valence-corrected chi connectivity index (χ3v) is 10.6. The molecular formula is C48H54N4O. The second-order valence-corrected chi connectivity index (χ2v) is 16.7. The Bertz CT molecular complexity index is 2450. The molecule has 0 fully saturated rings. The molecule has 3 aromatic heterocycles. The summed E-state index contributed by atoms with van der Waals surface area (Å²) in [5, 5.41) is 7.66. The summed E-state index contributed by atoms with van der Waals surface area (Å²) in [5.41, 5.74) is 14.3. The molecule has 0 aliphatic carbocycles. The first-order chi connectivity index (χ1) is 25.2. The molecule has 0 saturated heterocycles. The van der Waals surface area contributed by atoms with Gasteiger partial charge in [0, 0.05) is 34.7 Å². The van der Waals surface area contributed by atoms with E-state index in [2.05, 4.69) is 170 Å². The third-order valence-electron chi connectivity index (χ3n) is 10.6. The number of hydrogen-bond donors (Lipinski definition) is 0. The van der Waals surface area contributed by atoms with Gasteiger partial charge < -0.3 is 4.74 Å². The molecule has 0 aliphatic rings. The average Bonchev–Trinajstić information content (AvgIpc) is 3.60. The number of benzene rings is 4. The van der Waals surface area contributed by atoms with Crippen molar-refractivity contribution in [2.75, 3.05) is 0 Å². The molecule has 4 aromatic carbocycles. The number of nitrogens with zero attached hydrogens (tertiary/aromatic N) is 4. The molecule has 5 nitrogen and oxygen atoms in total. The van der Waals surface area contributed by atoms with Crippen LogP contribution in [-0.4, -0.2) is 19.3 Å². The Kier molecular flexibility index (Phi) is 9.57. The first-order valence-corrected chi connectivity index (χ1v) is 19.2. The van der Waals surface area contributed by atoms with Crippen molar-refractivity contribution in [1.29, 1.82) is 0 Å². The molecule has 0 unspecified atom stereocenters. The Morgan fingerprint density at radius 3 is 2.13 bits per heavy atom. The second kappa shape index (κ2) is 14.0. The van der Waals surface area contributed by atoms with E-state index in [1.54, 1.807) is 0 Å². The van der Waals surface area contributed by atoms with Crippen molar-refractivity contribution >= 4 is 21.8 Å². The summed E-state index contributed by atoms with van der Waals surface area (Å²) in [6, 6.07) is 30.6. The van der Waals surface area contributed by atoms with Gasteiger partial charge in [-0.05, 0) is 128 Å². The zero-order valence-electron chi connectivity index (χ0n) is 33.4. The predicted molar refractivity (Wildman–Crippen MR) is 223 cm³/mol. The van der Waals surface area contributed by atoms with Crippen molar-refractivity contribution in [3.8, 4) is 34.1 Å². The number of pyridine rings is 1. The highest BCUT2D eigenvalue weighted by Crippen LogP contribution is 2.40. The van der Waals surface area contributed by atoms with Gasteiger partial charge in [-0.1, -0.05) is 84.4 Å². The molecule has 0 saturated carbocycles. The number of hydrogen-bond acceptors (Lipinski definition) is 3. The molecule has 272 valence electrons. The Hall–Kier alpha value is -5.16. The summed E-state index contributed by atoms with van der Waals surface area (Å²) in [6.45, 7) is 24.6. The molecule has 5 heteroatoms. The Morgan fingerprint density at radius 1 is 0.717 bits per heavy atom.